The highest BCUT2D eigenvalue weighted by Gasteiger charge is 2.15. The molecule has 2 aromatic rings. The lowest BCUT2D eigenvalue weighted by atomic mass is 9.97. The monoisotopic (exact) mass is 266 g/mol. The number of halogens is 3. The molecule has 0 amide bonds. The van der Waals surface area contributed by atoms with Gasteiger partial charge in [-0.1, -0.05) is 12.1 Å². The summed E-state index contributed by atoms with van der Waals surface area (Å²) in [5.41, 5.74) is 4.17. The van der Waals surface area contributed by atoms with Gasteiger partial charge in [0.15, 0.2) is 11.6 Å². The highest BCUT2D eigenvalue weighted by molar-refractivity contribution is 5.34. The maximum absolute atomic E-state index is 13.4. The average Bonchev–Trinajstić information content (AvgIpc) is 2.33. The predicted molar refractivity (Wildman–Crippen MR) is 66.7 cm³/mol. The van der Waals surface area contributed by atoms with Crippen molar-refractivity contribution in [1.29, 1.82) is 0 Å². The molecule has 0 aliphatic heterocycles. The summed E-state index contributed by atoms with van der Waals surface area (Å²) in [6.45, 7) is 1.74. The lowest BCUT2D eigenvalue weighted by Crippen LogP contribution is -2.29. The molecular weight excluding hydrogens is 253 g/mol. The second kappa shape index (κ2) is 5.42. The molecule has 0 aliphatic rings. The van der Waals surface area contributed by atoms with Crippen LogP contribution in [0.1, 0.15) is 22.7 Å². The van der Waals surface area contributed by atoms with E-state index in [1.807, 2.05) is 0 Å². The maximum atomic E-state index is 13.4. The molecule has 1 unspecified atom stereocenters. The van der Waals surface area contributed by atoms with Crippen LogP contribution in [0.5, 0.6) is 0 Å². The zero-order valence-corrected chi connectivity index (χ0v) is 10.3. The fourth-order valence-corrected chi connectivity index (χ4v) is 2.01. The Morgan fingerprint density at radius 2 is 1.68 bits per heavy atom. The van der Waals surface area contributed by atoms with Gasteiger partial charge in [0, 0.05) is 0 Å². The van der Waals surface area contributed by atoms with E-state index < -0.39 is 23.5 Å². The SMILES string of the molecule is Cc1cc(F)cc(C(NN)c2ccc(F)c(F)c2)c1. The second-order valence-electron chi connectivity index (χ2n) is 4.34. The molecule has 3 N–H and O–H groups in total. The van der Waals surface area contributed by atoms with Gasteiger partial charge in [-0.15, -0.1) is 0 Å². The molecule has 0 spiro atoms. The standard InChI is InChI=1S/C14H13F3N2/c1-8-4-10(6-11(15)5-8)14(19-18)9-2-3-12(16)13(17)7-9/h2-7,14,19H,18H2,1H3. The van der Waals surface area contributed by atoms with Gasteiger partial charge < -0.3 is 0 Å². The molecule has 1 atom stereocenters. The summed E-state index contributed by atoms with van der Waals surface area (Å²) in [4.78, 5) is 0. The molecule has 2 nitrogen and oxygen atoms in total. The minimum absolute atomic E-state index is 0.405. The molecule has 2 rings (SSSR count). The van der Waals surface area contributed by atoms with Crippen molar-refractivity contribution in [2.45, 2.75) is 13.0 Å². The number of nitrogens with one attached hydrogen (secondary N) is 1. The Bertz CT molecular complexity index is 579. The van der Waals surface area contributed by atoms with Crippen LogP contribution in [-0.4, -0.2) is 0 Å². The molecule has 19 heavy (non-hydrogen) atoms. The third kappa shape index (κ3) is 2.94. The van der Waals surface area contributed by atoms with E-state index in [1.54, 1.807) is 13.0 Å². The molecule has 0 bridgehead atoms. The maximum Gasteiger partial charge on any atom is 0.159 e. The Morgan fingerprint density at radius 1 is 0.947 bits per heavy atom. The number of aryl methyl sites for hydroxylation is 1. The summed E-state index contributed by atoms with van der Waals surface area (Å²) in [7, 11) is 0. The van der Waals surface area contributed by atoms with E-state index in [2.05, 4.69) is 5.43 Å². The zero-order valence-electron chi connectivity index (χ0n) is 10.3. The van der Waals surface area contributed by atoms with Crippen molar-refractivity contribution in [3.05, 3.63) is 70.5 Å². The number of hydrogen-bond acceptors (Lipinski definition) is 2. The van der Waals surface area contributed by atoms with Crippen molar-refractivity contribution < 1.29 is 13.2 Å². The first-order chi connectivity index (χ1) is 9.01. The van der Waals surface area contributed by atoms with Crippen molar-refractivity contribution in [2.24, 2.45) is 5.84 Å². The quantitative estimate of drug-likeness (QED) is 0.662. The Morgan fingerprint density at radius 3 is 2.26 bits per heavy atom. The molecule has 0 radical (unpaired) electrons. The van der Waals surface area contributed by atoms with Crippen molar-refractivity contribution in [3.63, 3.8) is 0 Å². The highest BCUT2D eigenvalue weighted by Crippen LogP contribution is 2.24. The first-order valence-corrected chi connectivity index (χ1v) is 5.69. The fourth-order valence-electron chi connectivity index (χ4n) is 2.01. The van der Waals surface area contributed by atoms with E-state index in [4.69, 9.17) is 5.84 Å². The molecule has 0 aromatic heterocycles. The lowest BCUT2D eigenvalue weighted by molar-refractivity contribution is 0.503. The Hall–Kier alpha value is -1.85. The van der Waals surface area contributed by atoms with E-state index in [0.29, 0.717) is 11.1 Å². The predicted octanol–water partition coefficient (Wildman–Crippen LogP) is 2.97. The van der Waals surface area contributed by atoms with E-state index >= 15 is 0 Å². The average molecular weight is 266 g/mol. The molecule has 2 aromatic carbocycles. The molecule has 0 heterocycles. The van der Waals surface area contributed by atoms with Crippen LogP contribution in [0, 0.1) is 24.4 Å². The van der Waals surface area contributed by atoms with Crippen LogP contribution >= 0.6 is 0 Å². The van der Waals surface area contributed by atoms with Gasteiger partial charge in [-0.25, -0.2) is 18.6 Å². The number of benzene rings is 2. The van der Waals surface area contributed by atoms with Crippen molar-refractivity contribution in [1.82, 2.24) is 5.43 Å². The number of hydrogen-bond donors (Lipinski definition) is 2. The van der Waals surface area contributed by atoms with E-state index in [1.165, 1.54) is 18.2 Å². The van der Waals surface area contributed by atoms with Crippen LogP contribution in [0.4, 0.5) is 13.2 Å². The summed E-state index contributed by atoms with van der Waals surface area (Å²) in [5, 5.41) is 0. The molecule has 0 fully saturated rings. The third-order valence-electron chi connectivity index (χ3n) is 2.84. The first kappa shape index (κ1) is 13.6. The largest absolute Gasteiger partial charge is 0.271 e. The number of rotatable bonds is 3. The topological polar surface area (TPSA) is 38.0 Å². The summed E-state index contributed by atoms with van der Waals surface area (Å²) in [5.74, 6) is 3.13. The Kier molecular flexibility index (Phi) is 3.87. The van der Waals surface area contributed by atoms with Gasteiger partial charge >= 0.3 is 0 Å². The van der Waals surface area contributed by atoms with Gasteiger partial charge in [0.25, 0.3) is 0 Å². The third-order valence-corrected chi connectivity index (χ3v) is 2.84. The normalized spacial score (nSPS) is 12.5. The van der Waals surface area contributed by atoms with Crippen molar-refractivity contribution in [2.75, 3.05) is 0 Å². The van der Waals surface area contributed by atoms with Crippen LogP contribution in [0.3, 0.4) is 0 Å². The minimum atomic E-state index is -0.967. The zero-order chi connectivity index (χ0) is 14.0. The smallest absolute Gasteiger partial charge is 0.159 e. The van der Waals surface area contributed by atoms with Gasteiger partial charge in [-0.05, 0) is 47.9 Å². The molecule has 100 valence electrons. The van der Waals surface area contributed by atoms with Crippen LogP contribution in [0.25, 0.3) is 0 Å². The van der Waals surface area contributed by atoms with Gasteiger partial charge in [-0.3, -0.25) is 5.84 Å². The summed E-state index contributed by atoms with van der Waals surface area (Å²) >= 11 is 0. The number of nitrogens with two attached hydrogens (primary N) is 1. The van der Waals surface area contributed by atoms with Crippen molar-refractivity contribution in [3.8, 4) is 0 Å². The Labute approximate surface area is 109 Å². The van der Waals surface area contributed by atoms with Gasteiger partial charge in [0.2, 0.25) is 0 Å². The first-order valence-electron chi connectivity index (χ1n) is 5.69. The fraction of sp³-hybridized carbons (Fsp3) is 0.143. The molecule has 0 saturated carbocycles. The van der Waals surface area contributed by atoms with E-state index in [0.717, 1.165) is 17.7 Å². The molecule has 0 saturated heterocycles. The summed E-state index contributed by atoms with van der Waals surface area (Å²) in [6.07, 6.45) is 0. The molecule has 0 aliphatic carbocycles. The van der Waals surface area contributed by atoms with Crippen LogP contribution in [-0.2, 0) is 0 Å². The van der Waals surface area contributed by atoms with Gasteiger partial charge in [0.1, 0.15) is 5.82 Å². The minimum Gasteiger partial charge on any atom is -0.271 e. The Balaban J connectivity index is 2.46. The lowest BCUT2D eigenvalue weighted by Gasteiger charge is -2.17. The van der Waals surface area contributed by atoms with Crippen molar-refractivity contribution >= 4 is 0 Å². The summed E-state index contributed by atoms with van der Waals surface area (Å²) in [6, 6.07) is 7.27. The molecule has 5 heteroatoms. The van der Waals surface area contributed by atoms with E-state index in [9.17, 15) is 13.2 Å². The highest BCUT2D eigenvalue weighted by atomic mass is 19.2. The second-order valence-corrected chi connectivity index (χ2v) is 4.34. The number of hydrazine groups is 1. The van der Waals surface area contributed by atoms with Crippen LogP contribution < -0.4 is 11.3 Å². The van der Waals surface area contributed by atoms with Gasteiger partial charge in [0.05, 0.1) is 6.04 Å². The van der Waals surface area contributed by atoms with Crippen LogP contribution in [0.15, 0.2) is 36.4 Å². The van der Waals surface area contributed by atoms with E-state index in [-0.39, 0.29) is 0 Å². The molecular formula is C14H13F3N2. The van der Waals surface area contributed by atoms with Gasteiger partial charge in [-0.2, -0.15) is 0 Å². The van der Waals surface area contributed by atoms with Crippen LogP contribution in [0.2, 0.25) is 0 Å². The summed E-state index contributed by atoms with van der Waals surface area (Å²) < 4.78 is 39.5.